The molecule has 4 rings (SSSR count). The third-order valence-corrected chi connectivity index (χ3v) is 5.46. The van der Waals surface area contributed by atoms with Gasteiger partial charge in [0.15, 0.2) is 0 Å². The number of fused-ring (bicyclic) bond motifs is 1. The smallest absolute Gasteiger partial charge is 0.0643 e. The van der Waals surface area contributed by atoms with E-state index in [9.17, 15) is 0 Å². The third-order valence-electron chi connectivity index (χ3n) is 5.46. The van der Waals surface area contributed by atoms with Crippen LogP contribution in [-0.4, -0.2) is 12.3 Å². The molecular weight excluding hydrogens is 290 g/mol. The lowest BCUT2D eigenvalue weighted by molar-refractivity contribution is 0.455. The largest absolute Gasteiger partial charge is 0.284 e. The fourth-order valence-electron chi connectivity index (χ4n) is 4.01. The molecule has 1 heterocycles. The average molecular weight is 315 g/mol. The molecule has 2 aliphatic rings. The normalized spacial score (nSPS) is 19.7. The minimum absolute atomic E-state index is 0.762. The first-order chi connectivity index (χ1) is 11.8. The monoisotopic (exact) mass is 315 g/mol. The topological polar surface area (TPSA) is 12.4 Å². The lowest BCUT2D eigenvalue weighted by atomic mass is 9.79. The number of hydrogen-bond acceptors (Lipinski definition) is 1. The molecule has 2 aromatic carbocycles. The van der Waals surface area contributed by atoms with Crippen molar-refractivity contribution >= 4 is 5.71 Å². The zero-order chi connectivity index (χ0) is 16.4. The van der Waals surface area contributed by atoms with Gasteiger partial charge in [-0.15, -0.1) is 0 Å². The van der Waals surface area contributed by atoms with Crippen molar-refractivity contribution in [3.05, 3.63) is 82.4 Å². The second-order valence-corrected chi connectivity index (χ2v) is 7.18. The summed E-state index contributed by atoms with van der Waals surface area (Å²) < 4.78 is 0. The maximum atomic E-state index is 4.68. The lowest BCUT2D eigenvalue weighted by Gasteiger charge is -2.26. The molecule has 1 nitrogen and oxygen atoms in total. The van der Waals surface area contributed by atoms with E-state index in [2.05, 4.69) is 66.5 Å². The number of aliphatic imine (C=N–C) groups is 1. The van der Waals surface area contributed by atoms with Gasteiger partial charge in [0.2, 0.25) is 0 Å². The van der Waals surface area contributed by atoms with Crippen LogP contribution >= 0.6 is 0 Å². The molecule has 1 aliphatic carbocycles. The summed E-state index contributed by atoms with van der Waals surface area (Å²) >= 11 is 0. The second kappa shape index (κ2) is 6.76. The Bertz CT molecular complexity index is 797. The Labute approximate surface area is 145 Å². The number of aryl methyl sites for hydroxylation is 2. The Balaban J connectivity index is 1.54. The van der Waals surface area contributed by atoms with Crippen molar-refractivity contribution in [3.63, 3.8) is 0 Å². The van der Waals surface area contributed by atoms with E-state index in [-0.39, 0.29) is 0 Å². The van der Waals surface area contributed by atoms with Gasteiger partial charge in [0.05, 0.1) is 5.71 Å². The molecule has 0 spiro atoms. The fourth-order valence-corrected chi connectivity index (χ4v) is 4.01. The van der Waals surface area contributed by atoms with Crippen LogP contribution < -0.4 is 0 Å². The first-order valence-electron chi connectivity index (χ1n) is 9.17. The standard InChI is InChI=1S/C23H25N/c1-17-6-2-3-7-20(17)14-18-9-10-19-11-12-21(16-22(19)15-18)23-8-4-5-13-24-23/h2-4,6-8,11-12,16,18H,5,9-10,13-15H2,1H3. The molecule has 0 radical (unpaired) electrons. The quantitative estimate of drug-likeness (QED) is 0.748. The van der Waals surface area contributed by atoms with E-state index in [1.165, 1.54) is 42.4 Å². The van der Waals surface area contributed by atoms with Crippen LogP contribution in [0.15, 0.2) is 59.6 Å². The van der Waals surface area contributed by atoms with Crippen LogP contribution in [0, 0.1) is 12.8 Å². The number of nitrogens with zero attached hydrogens (tertiary/aromatic N) is 1. The second-order valence-electron chi connectivity index (χ2n) is 7.18. The number of allylic oxidation sites excluding steroid dienone is 1. The highest BCUT2D eigenvalue weighted by Crippen LogP contribution is 2.29. The van der Waals surface area contributed by atoms with Gasteiger partial charge in [-0.3, -0.25) is 4.99 Å². The molecule has 0 saturated carbocycles. The van der Waals surface area contributed by atoms with Crippen LogP contribution in [-0.2, 0) is 19.3 Å². The van der Waals surface area contributed by atoms with Gasteiger partial charge in [0, 0.05) is 6.54 Å². The van der Waals surface area contributed by atoms with E-state index in [4.69, 9.17) is 0 Å². The molecule has 1 unspecified atom stereocenters. The van der Waals surface area contributed by atoms with E-state index in [1.807, 2.05) is 0 Å². The summed E-state index contributed by atoms with van der Waals surface area (Å²) in [7, 11) is 0. The van der Waals surface area contributed by atoms with Crippen LogP contribution in [0.3, 0.4) is 0 Å². The Morgan fingerprint density at radius 2 is 2.00 bits per heavy atom. The van der Waals surface area contributed by atoms with Gasteiger partial charge in [-0.1, -0.05) is 42.5 Å². The Morgan fingerprint density at radius 1 is 1.08 bits per heavy atom. The van der Waals surface area contributed by atoms with Gasteiger partial charge in [0.1, 0.15) is 0 Å². The molecule has 2 aromatic rings. The Morgan fingerprint density at radius 3 is 2.83 bits per heavy atom. The first kappa shape index (κ1) is 15.4. The highest BCUT2D eigenvalue weighted by Gasteiger charge is 2.20. The molecule has 1 aliphatic heterocycles. The molecule has 0 N–H and O–H groups in total. The van der Waals surface area contributed by atoms with Crippen LogP contribution in [0.2, 0.25) is 0 Å². The summed E-state index contributed by atoms with van der Waals surface area (Å²) in [6.45, 7) is 3.16. The Hall–Kier alpha value is -2.15. The molecule has 122 valence electrons. The highest BCUT2D eigenvalue weighted by molar-refractivity contribution is 6.09. The van der Waals surface area contributed by atoms with Gasteiger partial charge in [-0.2, -0.15) is 0 Å². The summed E-state index contributed by atoms with van der Waals surface area (Å²) in [4.78, 5) is 4.68. The zero-order valence-electron chi connectivity index (χ0n) is 14.5. The van der Waals surface area contributed by atoms with Crippen molar-refractivity contribution in [2.75, 3.05) is 6.54 Å². The van der Waals surface area contributed by atoms with Crippen molar-refractivity contribution in [2.24, 2.45) is 10.9 Å². The van der Waals surface area contributed by atoms with E-state index < -0.39 is 0 Å². The molecular formula is C23H25N. The summed E-state index contributed by atoms with van der Waals surface area (Å²) in [5.41, 5.74) is 8.48. The number of rotatable bonds is 3. The molecule has 1 heteroatoms. The molecule has 0 fully saturated rings. The van der Waals surface area contributed by atoms with Crippen LogP contribution in [0.1, 0.15) is 40.7 Å². The summed E-state index contributed by atoms with van der Waals surface area (Å²) in [5, 5.41) is 0. The predicted molar refractivity (Wildman–Crippen MR) is 102 cm³/mol. The van der Waals surface area contributed by atoms with Gasteiger partial charge < -0.3 is 0 Å². The van der Waals surface area contributed by atoms with Crippen LogP contribution in [0.25, 0.3) is 0 Å². The summed E-state index contributed by atoms with van der Waals surface area (Å²) in [5.74, 6) is 0.762. The molecule has 24 heavy (non-hydrogen) atoms. The van der Waals surface area contributed by atoms with E-state index in [1.54, 1.807) is 11.1 Å². The lowest BCUT2D eigenvalue weighted by Crippen LogP contribution is -2.17. The van der Waals surface area contributed by atoms with Crippen molar-refractivity contribution in [1.29, 1.82) is 0 Å². The third kappa shape index (κ3) is 3.21. The molecule has 1 atom stereocenters. The van der Waals surface area contributed by atoms with Gasteiger partial charge in [-0.25, -0.2) is 0 Å². The zero-order valence-corrected chi connectivity index (χ0v) is 14.5. The van der Waals surface area contributed by atoms with Crippen LogP contribution in [0.4, 0.5) is 0 Å². The molecule has 0 amide bonds. The number of hydrogen-bond donors (Lipinski definition) is 0. The number of benzene rings is 2. The van der Waals surface area contributed by atoms with Gasteiger partial charge in [0.25, 0.3) is 0 Å². The number of dihydropyridines is 1. The van der Waals surface area contributed by atoms with Crippen LogP contribution in [0.5, 0.6) is 0 Å². The van der Waals surface area contributed by atoms with E-state index in [0.29, 0.717) is 0 Å². The predicted octanol–water partition coefficient (Wildman–Crippen LogP) is 5.09. The molecule has 0 saturated heterocycles. The first-order valence-corrected chi connectivity index (χ1v) is 9.17. The maximum Gasteiger partial charge on any atom is 0.0643 e. The minimum Gasteiger partial charge on any atom is -0.284 e. The SMILES string of the molecule is Cc1ccccc1CC1CCc2ccc(C3=NCCC=C3)cc2C1. The minimum atomic E-state index is 0.762. The summed E-state index contributed by atoms with van der Waals surface area (Å²) in [6.07, 6.45) is 10.4. The Kier molecular flexibility index (Phi) is 4.34. The van der Waals surface area contributed by atoms with Crippen molar-refractivity contribution in [3.8, 4) is 0 Å². The maximum absolute atomic E-state index is 4.68. The molecule has 0 aromatic heterocycles. The summed E-state index contributed by atoms with van der Waals surface area (Å²) in [6, 6.07) is 15.8. The highest BCUT2D eigenvalue weighted by atomic mass is 14.7. The molecule has 0 bridgehead atoms. The van der Waals surface area contributed by atoms with E-state index >= 15 is 0 Å². The van der Waals surface area contributed by atoms with Crippen molar-refractivity contribution < 1.29 is 0 Å². The fraction of sp³-hybridized carbons (Fsp3) is 0.348. The van der Waals surface area contributed by atoms with Gasteiger partial charge in [-0.05, 0) is 84.9 Å². The van der Waals surface area contributed by atoms with Crippen molar-refractivity contribution in [1.82, 2.24) is 0 Å². The van der Waals surface area contributed by atoms with Gasteiger partial charge >= 0.3 is 0 Å². The average Bonchev–Trinajstić information content (AvgIpc) is 2.64. The van der Waals surface area contributed by atoms with E-state index in [0.717, 1.165) is 24.6 Å². The van der Waals surface area contributed by atoms with Crippen molar-refractivity contribution in [2.45, 2.75) is 39.0 Å².